The molecule has 1 aliphatic rings. The number of hydrogen-bond donors (Lipinski definition) is 1. The van der Waals surface area contributed by atoms with Gasteiger partial charge in [0, 0.05) is 37.0 Å². The highest BCUT2D eigenvalue weighted by Gasteiger charge is 2.28. The highest BCUT2D eigenvalue weighted by Crippen LogP contribution is 2.28. The molecular formula is C26H24FN5O3. The first-order valence-electron chi connectivity index (χ1n) is 11.4. The van der Waals surface area contributed by atoms with Gasteiger partial charge >= 0.3 is 6.03 Å². The molecule has 1 N–H and O–H groups in total. The Hall–Kier alpha value is -4.27. The number of rotatable bonds is 6. The van der Waals surface area contributed by atoms with E-state index in [0.717, 1.165) is 18.4 Å². The van der Waals surface area contributed by atoms with Crippen molar-refractivity contribution in [1.29, 1.82) is 0 Å². The predicted octanol–water partition coefficient (Wildman–Crippen LogP) is 5.26. The summed E-state index contributed by atoms with van der Waals surface area (Å²) in [6, 6.07) is 18.8. The summed E-state index contributed by atoms with van der Waals surface area (Å²) >= 11 is 0. The monoisotopic (exact) mass is 473 g/mol. The summed E-state index contributed by atoms with van der Waals surface area (Å²) in [5, 5.41) is 6.97. The Morgan fingerprint density at radius 1 is 1.09 bits per heavy atom. The van der Waals surface area contributed by atoms with E-state index in [1.807, 2.05) is 18.2 Å². The van der Waals surface area contributed by atoms with Gasteiger partial charge in [-0.15, -0.1) is 0 Å². The number of urea groups is 1. The van der Waals surface area contributed by atoms with Crippen LogP contribution in [0.5, 0.6) is 5.75 Å². The SMILES string of the molecule is O=C(Nc1cccc(OCc2cccc(F)c2)c1)N1CCC(c2nc(-c3ccccn3)no2)CC1. The Bertz CT molecular complexity index is 1290. The van der Waals surface area contributed by atoms with Crippen LogP contribution >= 0.6 is 0 Å². The Kier molecular flexibility index (Phi) is 6.65. The zero-order valence-corrected chi connectivity index (χ0v) is 18.9. The number of nitrogens with one attached hydrogen (secondary N) is 1. The fourth-order valence-electron chi connectivity index (χ4n) is 3.99. The van der Waals surface area contributed by atoms with Crippen LogP contribution < -0.4 is 10.1 Å². The Balaban J connectivity index is 1.13. The van der Waals surface area contributed by atoms with E-state index in [0.29, 0.717) is 41.9 Å². The lowest BCUT2D eigenvalue weighted by molar-refractivity contribution is 0.187. The van der Waals surface area contributed by atoms with Crippen molar-refractivity contribution >= 4 is 11.7 Å². The first-order valence-corrected chi connectivity index (χ1v) is 11.4. The molecule has 0 atom stereocenters. The lowest BCUT2D eigenvalue weighted by atomic mass is 9.97. The fourth-order valence-corrected chi connectivity index (χ4v) is 3.99. The molecule has 1 aliphatic heterocycles. The van der Waals surface area contributed by atoms with E-state index in [-0.39, 0.29) is 24.4 Å². The number of anilines is 1. The molecule has 0 radical (unpaired) electrons. The van der Waals surface area contributed by atoms with E-state index in [4.69, 9.17) is 9.26 Å². The van der Waals surface area contributed by atoms with E-state index < -0.39 is 0 Å². The van der Waals surface area contributed by atoms with Gasteiger partial charge in [0.25, 0.3) is 0 Å². The van der Waals surface area contributed by atoms with Crippen molar-refractivity contribution < 1.29 is 18.4 Å². The average molecular weight is 474 g/mol. The number of piperidine rings is 1. The minimum Gasteiger partial charge on any atom is -0.489 e. The predicted molar refractivity (Wildman–Crippen MR) is 127 cm³/mol. The summed E-state index contributed by atoms with van der Waals surface area (Å²) in [4.78, 5) is 23.3. The Morgan fingerprint density at radius 3 is 2.74 bits per heavy atom. The van der Waals surface area contributed by atoms with Gasteiger partial charge in [0.2, 0.25) is 11.7 Å². The molecule has 0 aliphatic carbocycles. The van der Waals surface area contributed by atoms with Gasteiger partial charge in [-0.3, -0.25) is 4.98 Å². The molecule has 9 heteroatoms. The third-order valence-corrected chi connectivity index (χ3v) is 5.85. The van der Waals surface area contributed by atoms with Crippen LogP contribution in [0, 0.1) is 5.82 Å². The third kappa shape index (κ3) is 5.63. The molecule has 0 unspecified atom stereocenters. The first-order chi connectivity index (χ1) is 17.1. The molecule has 8 nitrogen and oxygen atoms in total. The second-order valence-electron chi connectivity index (χ2n) is 8.31. The number of hydrogen-bond acceptors (Lipinski definition) is 6. The van der Waals surface area contributed by atoms with Crippen LogP contribution in [0.15, 0.2) is 77.4 Å². The van der Waals surface area contributed by atoms with Crippen LogP contribution in [0.4, 0.5) is 14.9 Å². The highest BCUT2D eigenvalue weighted by atomic mass is 19.1. The molecule has 0 bridgehead atoms. The highest BCUT2D eigenvalue weighted by molar-refractivity contribution is 5.89. The number of carbonyl (C=O) groups excluding carboxylic acids is 1. The van der Waals surface area contributed by atoms with Crippen LogP contribution in [0.3, 0.4) is 0 Å². The van der Waals surface area contributed by atoms with Gasteiger partial charge in [0.05, 0.1) is 0 Å². The number of pyridine rings is 1. The van der Waals surface area contributed by atoms with Gasteiger partial charge in [-0.25, -0.2) is 9.18 Å². The van der Waals surface area contributed by atoms with Gasteiger partial charge in [0.1, 0.15) is 23.9 Å². The minimum atomic E-state index is -0.302. The van der Waals surface area contributed by atoms with E-state index >= 15 is 0 Å². The summed E-state index contributed by atoms with van der Waals surface area (Å²) in [5.41, 5.74) is 2.03. The van der Waals surface area contributed by atoms with Crippen LogP contribution in [0.1, 0.15) is 30.2 Å². The van der Waals surface area contributed by atoms with Crippen molar-refractivity contribution in [3.05, 3.63) is 90.2 Å². The standard InChI is InChI=1S/C26H24FN5O3/c27-20-6-3-5-18(15-20)17-34-22-8-4-7-21(16-22)29-26(33)32-13-10-19(11-14-32)25-30-24(31-35-25)23-9-1-2-12-28-23/h1-9,12,15-16,19H,10-11,13-14,17H2,(H,29,33). The number of likely N-dealkylation sites (tertiary alicyclic amines) is 1. The van der Waals surface area contributed by atoms with Gasteiger partial charge in [-0.1, -0.05) is 29.4 Å². The molecule has 2 aromatic heterocycles. The average Bonchev–Trinajstić information content (AvgIpc) is 3.39. The number of carbonyl (C=O) groups is 1. The normalized spacial score (nSPS) is 14.0. The van der Waals surface area contributed by atoms with Crippen molar-refractivity contribution in [1.82, 2.24) is 20.0 Å². The van der Waals surface area contributed by atoms with E-state index in [1.54, 1.807) is 47.5 Å². The molecule has 2 aromatic carbocycles. The first kappa shape index (κ1) is 22.5. The summed E-state index contributed by atoms with van der Waals surface area (Å²) < 4.78 is 24.6. The molecule has 2 amide bonds. The second kappa shape index (κ2) is 10.3. The molecule has 1 fully saturated rings. The lowest BCUT2D eigenvalue weighted by Crippen LogP contribution is -2.40. The molecule has 0 spiro atoms. The maximum absolute atomic E-state index is 13.3. The molecule has 178 valence electrons. The van der Waals surface area contributed by atoms with Gasteiger partial charge < -0.3 is 19.5 Å². The van der Waals surface area contributed by atoms with Crippen molar-refractivity contribution in [3.63, 3.8) is 0 Å². The third-order valence-electron chi connectivity index (χ3n) is 5.85. The largest absolute Gasteiger partial charge is 0.489 e. The van der Waals surface area contributed by atoms with Crippen LogP contribution in [0.2, 0.25) is 0 Å². The maximum atomic E-state index is 13.3. The molecule has 4 aromatic rings. The number of aromatic nitrogens is 3. The van der Waals surface area contributed by atoms with E-state index in [9.17, 15) is 9.18 Å². The molecule has 5 rings (SSSR count). The van der Waals surface area contributed by atoms with Crippen molar-refractivity contribution in [2.24, 2.45) is 0 Å². The summed E-state index contributed by atoms with van der Waals surface area (Å²) in [6.07, 6.45) is 3.15. The van der Waals surface area contributed by atoms with Crippen molar-refractivity contribution in [2.45, 2.75) is 25.4 Å². The van der Waals surface area contributed by atoms with Gasteiger partial charge in [-0.05, 0) is 54.8 Å². The fraction of sp³-hybridized carbons (Fsp3) is 0.231. The Morgan fingerprint density at radius 2 is 1.94 bits per heavy atom. The van der Waals surface area contributed by atoms with Gasteiger partial charge in [-0.2, -0.15) is 4.98 Å². The maximum Gasteiger partial charge on any atom is 0.321 e. The minimum absolute atomic E-state index is 0.101. The number of ether oxygens (including phenoxy) is 1. The smallest absolute Gasteiger partial charge is 0.321 e. The van der Waals surface area contributed by atoms with Crippen LogP contribution in [0.25, 0.3) is 11.5 Å². The second-order valence-corrected chi connectivity index (χ2v) is 8.31. The number of halogens is 1. The van der Waals surface area contributed by atoms with Crippen LogP contribution in [-0.2, 0) is 6.61 Å². The molecule has 3 heterocycles. The molecular weight excluding hydrogens is 449 g/mol. The zero-order chi connectivity index (χ0) is 24.0. The molecule has 0 saturated carbocycles. The van der Waals surface area contributed by atoms with E-state index in [2.05, 4.69) is 20.4 Å². The van der Waals surface area contributed by atoms with Crippen LogP contribution in [-0.4, -0.2) is 39.1 Å². The number of benzene rings is 2. The Labute approximate surface area is 201 Å². The summed E-state index contributed by atoms with van der Waals surface area (Å²) in [5.74, 6) is 1.44. The number of nitrogens with zero attached hydrogens (tertiary/aromatic N) is 4. The lowest BCUT2D eigenvalue weighted by Gasteiger charge is -2.30. The topological polar surface area (TPSA) is 93.4 Å². The summed E-state index contributed by atoms with van der Waals surface area (Å²) in [6.45, 7) is 1.39. The van der Waals surface area contributed by atoms with E-state index in [1.165, 1.54) is 12.1 Å². The van der Waals surface area contributed by atoms with Gasteiger partial charge in [0.15, 0.2) is 0 Å². The van der Waals surface area contributed by atoms with Crippen molar-refractivity contribution in [2.75, 3.05) is 18.4 Å². The quantitative estimate of drug-likeness (QED) is 0.411. The van der Waals surface area contributed by atoms with Crippen molar-refractivity contribution in [3.8, 4) is 17.3 Å². The number of amides is 2. The zero-order valence-electron chi connectivity index (χ0n) is 18.9. The molecule has 1 saturated heterocycles. The molecule has 35 heavy (non-hydrogen) atoms. The summed E-state index contributed by atoms with van der Waals surface area (Å²) in [7, 11) is 0.